The van der Waals surface area contributed by atoms with Gasteiger partial charge in [-0.1, -0.05) is 6.92 Å². The molecule has 2 aromatic rings. The van der Waals surface area contributed by atoms with Gasteiger partial charge in [-0.05, 0) is 76.5 Å². The van der Waals surface area contributed by atoms with Crippen LogP contribution in [0, 0.1) is 12.7 Å². The molecule has 2 heterocycles. The summed E-state index contributed by atoms with van der Waals surface area (Å²) in [7, 11) is 0. The van der Waals surface area contributed by atoms with Crippen molar-refractivity contribution in [2.75, 3.05) is 19.7 Å². The summed E-state index contributed by atoms with van der Waals surface area (Å²) in [5, 5.41) is 0. The fourth-order valence-corrected chi connectivity index (χ4v) is 5.26. The minimum absolute atomic E-state index is 0. The zero-order valence-electron chi connectivity index (χ0n) is 18.4. The molecule has 2 fully saturated rings. The average Bonchev–Trinajstić information content (AvgIpc) is 3.02. The highest BCUT2D eigenvalue weighted by atomic mass is 35.5. The van der Waals surface area contributed by atoms with E-state index in [2.05, 4.69) is 23.7 Å². The SMILES string of the molecule is CCCO[C@H]1CC[C@](C)(N2CCC(n3c(=O)[nH]c4cc(F)c(C)cc43)CC2)CC1.Cl. The summed E-state index contributed by atoms with van der Waals surface area (Å²) in [5.74, 6) is -0.271. The molecule has 30 heavy (non-hydrogen) atoms. The third kappa shape index (κ3) is 4.46. The Bertz CT molecular complexity index is 909. The summed E-state index contributed by atoms with van der Waals surface area (Å²) >= 11 is 0. The first kappa shape index (κ1) is 23.3. The Morgan fingerprint density at radius 1 is 1.20 bits per heavy atom. The predicted octanol–water partition coefficient (Wildman–Crippen LogP) is 4.96. The van der Waals surface area contributed by atoms with Crippen molar-refractivity contribution in [1.82, 2.24) is 14.5 Å². The topological polar surface area (TPSA) is 50.3 Å². The number of fused-ring (bicyclic) bond motifs is 1. The van der Waals surface area contributed by atoms with Gasteiger partial charge in [0.2, 0.25) is 0 Å². The summed E-state index contributed by atoms with van der Waals surface area (Å²) in [6, 6.07) is 3.41. The number of rotatable bonds is 5. The molecule has 1 aromatic carbocycles. The quantitative estimate of drug-likeness (QED) is 0.716. The molecule has 0 radical (unpaired) electrons. The van der Waals surface area contributed by atoms with Crippen LogP contribution >= 0.6 is 12.4 Å². The number of hydrogen-bond donors (Lipinski definition) is 1. The van der Waals surface area contributed by atoms with Crippen LogP contribution in [0.2, 0.25) is 0 Å². The van der Waals surface area contributed by atoms with Gasteiger partial charge in [-0.15, -0.1) is 12.4 Å². The molecule has 1 saturated heterocycles. The highest BCUT2D eigenvalue weighted by Gasteiger charge is 2.38. The molecule has 4 rings (SSSR count). The second kappa shape index (κ2) is 9.41. The second-order valence-corrected chi connectivity index (χ2v) is 9.20. The van der Waals surface area contributed by atoms with E-state index in [4.69, 9.17) is 4.74 Å². The highest BCUT2D eigenvalue weighted by Crippen LogP contribution is 2.38. The van der Waals surface area contributed by atoms with Gasteiger partial charge in [0.25, 0.3) is 0 Å². The monoisotopic (exact) mass is 439 g/mol. The summed E-state index contributed by atoms with van der Waals surface area (Å²) in [5.41, 5.74) is 2.12. The van der Waals surface area contributed by atoms with E-state index < -0.39 is 0 Å². The molecule has 1 saturated carbocycles. The predicted molar refractivity (Wildman–Crippen MR) is 121 cm³/mol. The number of likely N-dealkylation sites (tertiary alicyclic amines) is 1. The number of H-pyrrole nitrogens is 1. The number of nitrogens with zero attached hydrogens (tertiary/aromatic N) is 2. The first-order chi connectivity index (χ1) is 13.9. The molecule has 0 spiro atoms. The van der Waals surface area contributed by atoms with E-state index in [1.54, 1.807) is 13.0 Å². The van der Waals surface area contributed by atoms with Gasteiger partial charge in [-0.3, -0.25) is 9.47 Å². The number of aromatic amines is 1. The molecule has 1 aliphatic heterocycles. The normalized spacial score (nSPS) is 26.1. The molecule has 2 aliphatic rings. The molecule has 7 heteroatoms. The van der Waals surface area contributed by atoms with Crippen molar-refractivity contribution >= 4 is 23.4 Å². The van der Waals surface area contributed by atoms with Gasteiger partial charge < -0.3 is 9.72 Å². The van der Waals surface area contributed by atoms with E-state index in [-0.39, 0.29) is 35.5 Å². The Kier molecular flexibility index (Phi) is 7.31. The fraction of sp³-hybridized carbons (Fsp3) is 0.696. The standard InChI is InChI=1S/C23H34FN3O2.ClH/c1-4-13-29-18-5-9-23(3,10-6-18)26-11-7-17(8-12-26)27-21-14-16(2)19(24)15-20(21)25-22(27)28;/h14-15,17-18H,4-13H2,1-3H3,(H,25,28);1H/t18-,23-;. The van der Waals surface area contributed by atoms with E-state index in [0.717, 1.165) is 57.3 Å². The van der Waals surface area contributed by atoms with Crippen LogP contribution in [0.1, 0.15) is 70.4 Å². The molecular formula is C23H35ClFN3O2. The Labute approximate surface area is 184 Å². The highest BCUT2D eigenvalue weighted by molar-refractivity contribution is 5.85. The van der Waals surface area contributed by atoms with Gasteiger partial charge in [-0.2, -0.15) is 0 Å². The Hall–Kier alpha value is -1.37. The van der Waals surface area contributed by atoms with Gasteiger partial charge in [-0.25, -0.2) is 9.18 Å². The minimum atomic E-state index is -0.271. The number of ether oxygens (including phenoxy) is 1. The van der Waals surface area contributed by atoms with Crippen LogP contribution in [0.5, 0.6) is 0 Å². The van der Waals surface area contributed by atoms with Crippen molar-refractivity contribution in [3.05, 3.63) is 34.0 Å². The summed E-state index contributed by atoms with van der Waals surface area (Å²) in [4.78, 5) is 18.1. The number of piperidine rings is 1. The van der Waals surface area contributed by atoms with Crippen LogP contribution in [0.15, 0.2) is 16.9 Å². The van der Waals surface area contributed by atoms with Crippen molar-refractivity contribution < 1.29 is 9.13 Å². The molecule has 0 unspecified atom stereocenters. The van der Waals surface area contributed by atoms with Crippen LogP contribution < -0.4 is 5.69 Å². The largest absolute Gasteiger partial charge is 0.378 e. The maximum atomic E-state index is 13.9. The number of halogens is 2. The zero-order valence-corrected chi connectivity index (χ0v) is 19.2. The average molecular weight is 440 g/mol. The van der Waals surface area contributed by atoms with E-state index in [0.29, 0.717) is 17.2 Å². The molecule has 1 aliphatic carbocycles. The van der Waals surface area contributed by atoms with Crippen LogP contribution in [-0.4, -0.2) is 45.8 Å². The fourth-order valence-electron chi connectivity index (χ4n) is 5.26. The second-order valence-electron chi connectivity index (χ2n) is 9.20. The number of aryl methyl sites for hydroxylation is 1. The molecule has 5 nitrogen and oxygen atoms in total. The molecular weight excluding hydrogens is 405 g/mol. The van der Waals surface area contributed by atoms with Gasteiger partial charge >= 0.3 is 5.69 Å². The lowest BCUT2D eigenvalue weighted by Gasteiger charge is -2.48. The molecule has 1 N–H and O–H groups in total. The van der Waals surface area contributed by atoms with Gasteiger partial charge in [0.05, 0.1) is 17.1 Å². The first-order valence-corrected chi connectivity index (χ1v) is 11.2. The number of hydrogen-bond acceptors (Lipinski definition) is 3. The lowest BCUT2D eigenvalue weighted by molar-refractivity contribution is -0.0305. The van der Waals surface area contributed by atoms with Gasteiger partial charge in [0.15, 0.2) is 0 Å². The van der Waals surface area contributed by atoms with Crippen LogP contribution in [-0.2, 0) is 4.74 Å². The van der Waals surface area contributed by atoms with E-state index in [9.17, 15) is 9.18 Å². The zero-order chi connectivity index (χ0) is 20.6. The number of benzene rings is 1. The first-order valence-electron chi connectivity index (χ1n) is 11.2. The maximum absolute atomic E-state index is 13.9. The van der Waals surface area contributed by atoms with E-state index in [1.165, 1.54) is 18.9 Å². The Balaban J connectivity index is 0.00000256. The summed E-state index contributed by atoms with van der Waals surface area (Å²) in [6.45, 7) is 9.18. The summed E-state index contributed by atoms with van der Waals surface area (Å²) < 4.78 is 21.7. The molecule has 0 atom stereocenters. The van der Waals surface area contributed by atoms with Crippen LogP contribution in [0.4, 0.5) is 4.39 Å². The third-order valence-corrected chi connectivity index (χ3v) is 7.16. The minimum Gasteiger partial charge on any atom is -0.378 e. The van der Waals surface area contributed by atoms with Crippen molar-refractivity contribution in [3.8, 4) is 0 Å². The molecule has 0 bridgehead atoms. The molecule has 1 aromatic heterocycles. The van der Waals surface area contributed by atoms with Gasteiger partial charge in [0.1, 0.15) is 5.82 Å². The van der Waals surface area contributed by atoms with Crippen LogP contribution in [0.25, 0.3) is 11.0 Å². The molecule has 0 amide bonds. The lowest BCUT2D eigenvalue weighted by atomic mass is 9.79. The maximum Gasteiger partial charge on any atom is 0.326 e. The Morgan fingerprint density at radius 2 is 1.87 bits per heavy atom. The van der Waals surface area contributed by atoms with Crippen molar-refractivity contribution in [1.29, 1.82) is 0 Å². The number of nitrogens with one attached hydrogen (secondary N) is 1. The molecule has 168 valence electrons. The van der Waals surface area contributed by atoms with Crippen molar-refractivity contribution in [2.45, 2.75) is 83.4 Å². The van der Waals surface area contributed by atoms with Gasteiger partial charge in [0, 0.05) is 31.3 Å². The Morgan fingerprint density at radius 3 is 2.50 bits per heavy atom. The number of imidazole rings is 1. The van der Waals surface area contributed by atoms with Crippen LogP contribution in [0.3, 0.4) is 0 Å². The third-order valence-electron chi connectivity index (χ3n) is 7.16. The smallest absolute Gasteiger partial charge is 0.326 e. The van der Waals surface area contributed by atoms with Crippen molar-refractivity contribution in [2.24, 2.45) is 0 Å². The number of aromatic nitrogens is 2. The lowest BCUT2D eigenvalue weighted by Crippen LogP contribution is -2.53. The van der Waals surface area contributed by atoms with E-state index >= 15 is 0 Å². The van der Waals surface area contributed by atoms with Crippen molar-refractivity contribution in [3.63, 3.8) is 0 Å². The summed E-state index contributed by atoms with van der Waals surface area (Å²) in [6.07, 6.45) is 8.06. The van der Waals surface area contributed by atoms with E-state index in [1.807, 2.05) is 4.57 Å².